The maximum Gasteiger partial charge on any atom is 0.321 e. The number of nitrogens with one attached hydrogen (secondary N) is 2. The van der Waals surface area contributed by atoms with Gasteiger partial charge in [-0.15, -0.1) is 0 Å². The lowest BCUT2D eigenvalue weighted by Crippen LogP contribution is -2.52. The predicted molar refractivity (Wildman–Crippen MR) is 101 cm³/mol. The number of sulfonamides is 1. The number of hydrogen-bond donors (Lipinski definition) is 2. The number of nitriles is 1. The zero-order chi connectivity index (χ0) is 20.8. The van der Waals surface area contributed by atoms with Crippen molar-refractivity contribution in [3.63, 3.8) is 0 Å². The minimum absolute atomic E-state index is 0.0324. The summed E-state index contributed by atoms with van der Waals surface area (Å²) >= 11 is 0. The molecule has 0 heterocycles. The first-order valence-corrected chi connectivity index (χ1v) is 10.6. The summed E-state index contributed by atoms with van der Waals surface area (Å²) in [5.74, 6) is -1.45. The highest BCUT2D eigenvalue weighted by Crippen LogP contribution is 2.27. The van der Waals surface area contributed by atoms with Crippen LogP contribution in [0.5, 0.6) is 0 Å². The van der Waals surface area contributed by atoms with Crippen LogP contribution in [-0.2, 0) is 24.3 Å². The van der Waals surface area contributed by atoms with Crippen LogP contribution in [-0.4, -0.2) is 38.5 Å². The number of nitrogens with zero attached hydrogens (tertiary/aromatic N) is 1. The van der Waals surface area contributed by atoms with E-state index in [9.17, 15) is 23.3 Å². The van der Waals surface area contributed by atoms with Crippen LogP contribution >= 0.6 is 0 Å². The van der Waals surface area contributed by atoms with Gasteiger partial charge in [-0.1, -0.05) is 37.0 Å². The molecule has 28 heavy (non-hydrogen) atoms. The number of benzene rings is 1. The molecule has 1 saturated carbocycles. The molecule has 0 aromatic heterocycles. The van der Waals surface area contributed by atoms with Gasteiger partial charge < -0.3 is 10.1 Å². The Bertz CT molecular complexity index is 853. The van der Waals surface area contributed by atoms with E-state index >= 15 is 0 Å². The highest BCUT2D eigenvalue weighted by molar-refractivity contribution is 7.89. The van der Waals surface area contributed by atoms with Crippen LogP contribution in [0.4, 0.5) is 0 Å². The molecule has 0 unspecified atom stereocenters. The lowest BCUT2D eigenvalue weighted by Gasteiger charge is -2.32. The van der Waals surface area contributed by atoms with E-state index in [-0.39, 0.29) is 4.90 Å². The standard InChI is InChI=1S/C19H25N3O5S/c1-14-6-8-16(9-7-14)28(25,26)21-12-17(23)27-15(2)18(24)22-19(13-20)10-4-3-5-11-19/h6-9,15,21H,3-5,10-12H2,1-2H3,(H,22,24)/t15-/m0/s1. The first-order valence-electron chi connectivity index (χ1n) is 9.16. The third-order valence-electron chi connectivity index (χ3n) is 4.70. The molecule has 0 radical (unpaired) electrons. The molecule has 1 aromatic carbocycles. The van der Waals surface area contributed by atoms with Crippen molar-refractivity contribution in [2.75, 3.05) is 6.54 Å². The fourth-order valence-corrected chi connectivity index (χ4v) is 3.97. The second kappa shape index (κ2) is 9.17. The molecule has 1 fully saturated rings. The number of carbonyl (C=O) groups is 2. The average molecular weight is 407 g/mol. The molecular formula is C19H25N3O5S. The fraction of sp³-hybridized carbons (Fsp3) is 0.526. The topological polar surface area (TPSA) is 125 Å². The Morgan fingerprint density at radius 3 is 2.39 bits per heavy atom. The van der Waals surface area contributed by atoms with Crippen molar-refractivity contribution in [1.82, 2.24) is 10.0 Å². The maximum atomic E-state index is 12.3. The van der Waals surface area contributed by atoms with Crippen LogP contribution in [0.25, 0.3) is 0 Å². The van der Waals surface area contributed by atoms with Crippen LogP contribution in [0, 0.1) is 18.3 Å². The third kappa shape index (κ3) is 5.78. The molecule has 1 aliphatic rings. The average Bonchev–Trinajstić information content (AvgIpc) is 2.67. The third-order valence-corrected chi connectivity index (χ3v) is 6.12. The van der Waals surface area contributed by atoms with Crippen molar-refractivity contribution in [2.45, 2.75) is 62.5 Å². The number of carbonyl (C=O) groups excluding carboxylic acids is 2. The summed E-state index contributed by atoms with van der Waals surface area (Å²) in [5, 5.41) is 12.1. The van der Waals surface area contributed by atoms with Crippen LogP contribution in [0.3, 0.4) is 0 Å². The monoisotopic (exact) mass is 407 g/mol. The van der Waals surface area contributed by atoms with Gasteiger partial charge in [0.05, 0.1) is 11.0 Å². The van der Waals surface area contributed by atoms with Gasteiger partial charge in [-0.05, 0) is 38.8 Å². The van der Waals surface area contributed by atoms with Gasteiger partial charge in [0.2, 0.25) is 10.0 Å². The molecule has 0 spiro atoms. The molecule has 0 bridgehead atoms. The Morgan fingerprint density at radius 2 is 1.82 bits per heavy atom. The van der Waals surface area contributed by atoms with Crippen molar-refractivity contribution >= 4 is 21.9 Å². The summed E-state index contributed by atoms with van der Waals surface area (Å²) < 4.78 is 31.5. The molecule has 0 aliphatic heterocycles. The van der Waals surface area contributed by atoms with Crippen LogP contribution in [0.15, 0.2) is 29.2 Å². The zero-order valence-electron chi connectivity index (χ0n) is 16.0. The molecule has 2 rings (SSSR count). The zero-order valence-corrected chi connectivity index (χ0v) is 16.8. The Balaban J connectivity index is 1.87. The number of esters is 1. The van der Waals surface area contributed by atoms with Crippen LogP contribution in [0.2, 0.25) is 0 Å². The van der Waals surface area contributed by atoms with Gasteiger partial charge in [-0.3, -0.25) is 9.59 Å². The Labute approximate surface area is 165 Å². The maximum absolute atomic E-state index is 12.3. The number of hydrogen-bond acceptors (Lipinski definition) is 6. The van der Waals surface area contributed by atoms with Crippen molar-refractivity contribution in [2.24, 2.45) is 0 Å². The van der Waals surface area contributed by atoms with Crippen molar-refractivity contribution in [3.8, 4) is 6.07 Å². The fourth-order valence-electron chi connectivity index (χ4n) is 3.00. The summed E-state index contributed by atoms with van der Waals surface area (Å²) in [7, 11) is -3.86. The van der Waals surface area contributed by atoms with Crippen LogP contribution < -0.4 is 10.0 Å². The highest BCUT2D eigenvalue weighted by atomic mass is 32.2. The summed E-state index contributed by atoms with van der Waals surface area (Å²) in [5.41, 5.74) is -0.0189. The molecular weight excluding hydrogens is 382 g/mol. The number of aryl methyl sites for hydroxylation is 1. The van der Waals surface area contributed by atoms with Gasteiger partial charge in [0, 0.05) is 0 Å². The molecule has 152 valence electrons. The second-order valence-electron chi connectivity index (χ2n) is 7.01. The first kappa shape index (κ1) is 21.9. The van der Waals surface area contributed by atoms with E-state index in [1.807, 2.05) is 6.92 Å². The van der Waals surface area contributed by atoms with Crippen molar-refractivity contribution in [3.05, 3.63) is 29.8 Å². The highest BCUT2D eigenvalue weighted by Gasteiger charge is 2.35. The van der Waals surface area contributed by atoms with E-state index < -0.39 is 40.1 Å². The summed E-state index contributed by atoms with van der Waals surface area (Å²) in [6.45, 7) is 2.62. The first-order chi connectivity index (χ1) is 13.2. The Morgan fingerprint density at radius 1 is 1.21 bits per heavy atom. The smallest absolute Gasteiger partial charge is 0.321 e. The minimum Gasteiger partial charge on any atom is -0.452 e. The quantitative estimate of drug-likeness (QED) is 0.661. The Kier molecular flexibility index (Phi) is 7.16. The molecule has 2 N–H and O–H groups in total. The molecule has 1 aliphatic carbocycles. The molecule has 1 aromatic rings. The van der Waals surface area contributed by atoms with E-state index in [0.717, 1.165) is 24.8 Å². The largest absolute Gasteiger partial charge is 0.452 e. The predicted octanol–water partition coefficient (Wildman–Crippen LogP) is 1.55. The SMILES string of the molecule is Cc1ccc(S(=O)(=O)NCC(=O)O[C@@H](C)C(=O)NC2(C#N)CCCCC2)cc1. The van der Waals surface area contributed by atoms with E-state index in [4.69, 9.17) is 4.74 Å². The van der Waals surface area contributed by atoms with E-state index in [1.165, 1.54) is 19.1 Å². The van der Waals surface area contributed by atoms with E-state index in [0.29, 0.717) is 12.8 Å². The molecule has 0 saturated heterocycles. The normalized spacial score (nSPS) is 17.2. The lowest BCUT2D eigenvalue weighted by atomic mass is 9.83. The van der Waals surface area contributed by atoms with Gasteiger partial charge in [0.25, 0.3) is 5.91 Å². The molecule has 8 nitrogen and oxygen atoms in total. The number of ether oxygens (including phenoxy) is 1. The molecule has 1 amide bonds. The van der Waals surface area contributed by atoms with Crippen molar-refractivity contribution in [1.29, 1.82) is 5.26 Å². The summed E-state index contributed by atoms with van der Waals surface area (Å²) in [4.78, 5) is 24.3. The van der Waals surface area contributed by atoms with Gasteiger partial charge in [-0.2, -0.15) is 9.98 Å². The molecule has 1 atom stereocenters. The van der Waals surface area contributed by atoms with Crippen LogP contribution in [0.1, 0.15) is 44.6 Å². The van der Waals surface area contributed by atoms with Gasteiger partial charge in [0.1, 0.15) is 12.1 Å². The number of rotatable bonds is 7. The second-order valence-corrected chi connectivity index (χ2v) is 8.78. The molecule has 9 heteroatoms. The van der Waals surface area contributed by atoms with Gasteiger partial charge >= 0.3 is 5.97 Å². The van der Waals surface area contributed by atoms with Crippen molar-refractivity contribution < 1.29 is 22.7 Å². The number of amides is 1. The van der Waals surface area contributed by atoms with E-state index in [2.05, 4.69) is 16.1 Å². The van der Waals surface area contributed by atoms with Gasteiger partial charge in [-0.25, -0.2) is 8.42 Å². The Hall–Kier alpha value is -2.44. The lowest BCUT2D eigenvalue weighted by molar-refractivity contribution is -0.154. The summed E-state index contributed by atoms with van der Waals surface area (Å²) in [6.07, 6.45) is 2.71. The minimum atomic E-state index is -3.86. The van der Waals surface area contributed by atoms with E-state index in [1.54, 1.807) is 12.1 Å². The van der Waals surface area contributed by atoms with Gasteiger partial charge in [0.15, 0.2) is 6.10 Å². The summed E-state index contributed by atoms with van der Waals surface area (Å²) in [6, 6.07) is 8.33.